The topological polar surface area (TPSA) is 55.8 Å². The van der Waals surface area contributed by atoms with Crippen LogP contribution < -0.4 is 0 Å². The molecular formula is C16H28O4Si. The van der Waals surface area contributed by atoms with Crippen LogP contribution >= 0.6 is 0 Å². The minimum absolute atomic E-state index is 0.0567. The molecule has 0 radical (unpaired) electrons. The molecule has 0 spiro atoms. The van der Waals surface area contributed by atoms with Crippen molar-refractivity contribution in [2.75, 3.05) is 13.4 Å². The molecule has 1 N–H and O–H groups in total. The van der Waals surface area contributed by atoms with E-state index in [1.807, 2.05) is 0 Å². The Morgan fingerprint density at radius 3 is 2.81 bits per heavy atom. The monoisotopic (exact) mass is 312 g/mol. The van der Waals surface area contributed by atoms with Gasteiger partial charge in [-0.3, -0.25) is 4.79 Å². The molecule has 0 heterocycles. The van der Waals surface area contributed by atoms with Gasteiger partial charge in [-0.25, -0.2) is 0 Å². The Labute approximate surface area is 128 Å². The van der Waals surface area contributed by atoms with Gasteiger partial charge in [0, 0.05) is 32.9 Å². The highest BCUT2D eigenvalue weighted by molar-refractivity contribution is 6.76. The maximum atomic E-state index is 11.5. The van der Waals surface area contributed by atoms with Gasteiger partial charge in [0.05, 0.1) is 12.2 Å². The van der Waals surface area contributed by atoms with E-state index < -0.39 is 14.2 Å². The molecule has 4 nitrogen and oxygen atoms in total. The maximum Gasteiger partial charge on any atom is 0.155 e. The van der Waals surface area contributed by atoms with Crippen LogP contribution in [0.1, 0.15) is 26.2 Å². The van der Waals surface area contributed by atoms with Crippen molar-refractivity contribution in [2.45, 2.75) is 64.1 Å². The number of rotatable bonds is 6. The van der Waals surface area contributed by atoms with Gasteiger partial charge < -0.3 is 14.6 Å². The van der Waals surface area contributed by atoms with Crippen LogP contribution in [0.5, 0.6) is 0 Å². The molecule has 2 aliphatic carbocycles. The molecule has 3 atom stereocenters. The first-order chi connectivity index (χ1) is 9.72. The number of carbonyl (C=O) groups is 1. The van der Waals surface area contributed by atoms with Crippen molar-refractivity contribution < 1.29 is 19.4 Å². The minimum Gasteiger partial charge on any atom is -0.389 e. The molecule has 2 aliphatic rings. The molecule has 0 aliphatic heterocycles. The van der Waals surface area contributed by atoms with Crippen molar-refractivity contribution in [2.24, 2.45) is 5.41 Å². The number of ether oxygens (including phenoxy) is 2. The minimum atomic E-state index is -1.07. The molecule has 2 rings (SSSR count). The average Bonchev–Trinajstić information content (AvgIpc) is 2.61. The lowest BCUT2D eigenvalue weighted by Gasteiger charge is -2.34. The van der Waals surface area contributed by atoms with Crippen LogP contribution in [-0.2, 0) is 14.3 Å². The summed E-state index contributed by atoms with van der Waals surface area (Å²) in [5, 5.41) is 10.2. The summed E-state index contributed by atoms with van der Waals surface area (Å²) in [4.78, 5) is 11.5. The summed E-state index contributed by atoms with van der Waals surface area (Å²) in [5.41, 5.74) is 0.640. The van der Waals surface area contributed by atoms with Crippen molar-refractivity contribution in [3.05, 3.63) is 11.6 Å². The number of allylic oxidation sites excluding steroid dienone is 1. The predicted molar refractivity (Wildman–Crippen MR) is 84.9 cm³/mol. The van der Waals surface area contributed by atoms with Crippen LogP contribution in [-0.4, -0.2) is 44.6 Å². The summed E-state index contributed by atoms with van der Waals surface area (Å²) in [5.74, 6) is 0.119. The molecule has 5 heteroatoms. The molecular weight excluding hydrogens is 284 g/mol. The number of fused-ring (bicyclic) bond motifs is 1. The second-order valence-corrected chi connectivity index (χ2v) is 13.3. The van der Waals surface area contributed by atoms with E-state index in [4.69, 9.17) is 9.47 Å². The van der Waals surface area contributed by atoms with Crippen molar-refractivity contribution >= 4 is 13.9 Å². The Balaban J connectivity index is 1.85. The highest BCUT2D eigenvalue weighted by atomic mass is 28.3. The van der Waals surface area contributed by atoms with Crippen LogP contribution in [0, 0.1) is 5.41 Å². The fourth-order valence-electron chi connectivity index (χ4n) is 3.17. The Hall–Kier alpha value is -0.493. The third-order valence-electron chi connectivity index (χ3n) is 4.72. The van der Waals surface area contributed by atoms with Crippen molar-refractivity contribution in [3.8, 4) is 0 Å². The van der Waals surface area contributed by atoms with Crippen molar-refractivity contribution in [3.63, 3.8) is 0 Å². The SMILES string of the molecule is C[C@]12CCC(=O)C=C1[C@@H](O)C[C@@H]2OCOCC[Si](C)(C)C. The standard InChI is InChI=1S/C16H28O4Si/c1-16-6-5-12(17)9-13(16)14(18)10-15(16)20-11-19-7-8-21(2,3)4/h9,14-15,18H,5-8,10-11H2,1-4H3/t14-,15-,16-/m0/s1. The summed E-state index contributed by atoms with van der Waals surface area (Å²) in [6.45, 7) is 10.1. The molecule has 0 aromatic carbocycles. The van der Waals surface area contributed by atoms with Crippen LogP contribution in [0.15, 0.2) is 11.6 Å². The number of hydrogen-bond acceptors (Lipinski definition) is 4. The lowest BCUT2D eigenvalue weighted by atomic mass is 9.74. The van der Waals surface area contributed by atoms with Crippen LogP contribution in [0.2, 0.25) is 25.7 Å². The molecule has 1 fully saturated rings. The summed E-state index contributed by atoms with van der Waals surface area (Å²) in [7, 11) is -1.07. The Morgan fingerprint density at radius 2 is 2.14 bits per heavy atom. The smallest absolute Gasteiger partial charge is 0.155 e. The first-order valence-electron chi connectivity index (χ1n) is 7.85. The zero-order valence-corrected chi connectivity index (χ0v) is 14.6. The van der Waals surface area contributed by atoms with Gasteiger partial charge in [-0.15, -0.1) is 0 Å². The number of aliphatic hydroxyl groups is 1. The largest absolute Gasteiger partial charge is 0.389 e. The van der Waals surface area contributed by atoms with E-state index in [-0.39, 0.29) is 24.1 Å². The fourth-order valence-corrected chi connectivity index (χ4v) is 3.93. The van der Waals surface area contributed by atoms with Gasteiger partial charge in [-0.05, 0) is 24.1 Å². The van der Waals surface area contributed by atoms with Gasteiger partial charge >= 0.3 is 0 Å². The molecule has 21 heavy (non-hydrogen) atoms. The van der Waals surface area contributed by atoms with Gasteiger partial charge in [0.2, 0.25) is 0 Å². The average molecular weight is 312 g/mol. The Kier molecular flexibility index (Phi) is 5.08. The molecule has 0 bridgehead atoms. The van der Waals surface area contributed by atoms with Gasteiger partial charge in [0.15, 0.2) is 5.78 Å². The van der Waals surface area contributed by atoms with Crippen LogP contribution in [0.3, 0.4) is 0 Å². The van der Waals surface area contributed by atoms with Crippen molar-refractivity contribution in [1.82, 2.24) is 0 Å². The molecule has 0 aromatic rings. The Morgan fingerprint density at radius 1 is 1.43 bits per heavy atom. The van der Waals surface area contributed by atoms with E-state index in [9.17, 15) is 9.90 Å². The molecule has 0 unspecified atom stereocenters. The van der Waals surface area contributed by atoms with E-state index in [2.05, 4.69) is 26.6 Å². The first kappa shape index (κ1) is 16.9. The predicted octanol–water partition coefficient (Wildman–Crippen LogP) is 2.74. The molecule has 120 valence electrons. The summed E-state index contributed by atoms with van der Waals surface area (Å²) >= 11 is 0. The summed E-state index contributed by atoms with van der Waals surface area (Å²) < 4.78 is 11.5. The van der Waals surface area contributed by atoms with E-state index in [1.54, 1.807) is 6.08 Å². The first-order valence-corrected chi connectivity index (χ1v) is 11.6. The highest BCUT2D eigenvalue weighted by Crippen LogP contribution is 2.49. The normalized spacial score (nSPS) is 33.0. The molecule has 0 aromatic heterocycles. The highest BCUT2D eigenvalue weighted by Gasteiger charge is 2.50. The third kappa shape index (κ3) is 4.03. The fraction of sp³-hybridized carbons (Fsp3) is 0.812. The van der Waals surface area contributed by atoms with Gasteiger partial charge in [-0.1, -0.05) is 26.6 Å². The van der Waals surface area contributed by atoms with E-state index in [0.717, 1.165) is 24.6 Å². The lowest BCUT2D eigenvalue weighted by Crippen LogP contribution is -2.34. The number of ketones is 1. The summed E-state index contributed by atoms with van der Waals surface area (Å²) in [6.07, 6.45) is 2.89. The second-order valence-electron chi connectivity index (χ2n) is 7.73. The number of aliphatic hydroxyl groups excluding tert-OH is 1. The zero-order chi connectivity index (χ0) is 15.7. The third-order valence-corrected chi connectivity index (χ3v) is 6.43. The van der Waals surface area contributed by atoms with E-state index >= 15 is 0 Å². The second kappa shape index (κ2) is 6.32. The molecule has 0 saturated heterocycles. The van der Waals surface area contributed by atoms with Crippen LogP contribution in [0.25, 0.3) is 0 Å². The molecule has 0 amide bonds. The maximum absolute atomic E-state index is 11.5. The van der Waals surface area contributed by atoms with E-state index in [1.165, 1.54) is 0 Å². The van der Waals surface area contributed by atoms with Gasteiger partial charge in [0.25, 0.3) is 0 Å². The summed E-state index contributed by atoms with van der Waals surface area (Å²) in [6, 6.07) is 1.13. The van der Waals surface area contributed by atoms with E-state index in [0.29, 0.717) is 12.8 Å². The zero-order valence-electron chi connectivity index (χ0n) is 13.6. The number of hydrogen-bond donors (Lipinski definition) is 1. The quantitative estimate of drug-likeness (QED) is 0.465. The lowest BCUT2D eigenvalue weighted by molar-refractivity contribution is -0.122. The molecule has 1 saturated carbocycles. The van der Waals surface area contributed by atoms with Crippen LogP contribution in [0.4, 0.5) is 0 Å². The van der Waals surface area contributed by atoms with Crippen molar-refractivity contribution in [1.29, 1.82) is 0 Å². The van der Waals surface area contributed by atoms with Gasteiger partial charge in [0.1, 0.15) is 6.79 Å². The number of carbonyl (C=O) groups excluding carboxylic acids is 1. The van der Waals surface area contributed by atoms with Gasteiger partial charge in [-0.2, -0.15) is 0 Å². The Bertz CT molecular complexity index is 426.